The van der Waals surface area contributed by atoms with Crippen LogP contribution in [0.2, 0.25) is 0 Å². The monoisotopic (exact) mass is 386 g/mol. The summed E-state index contributed by atoms with van der Waals surface area (Å²) in [5.41, 5.74) is 4.65. The lowest BCUT2D eigenvalue weighted by molar-refractivity contribution is -0.124. The van der Waals surface area contributed by atoms with Crippen LogP contribution in [0.3, 0.4) is 0 Å². The maximum atomic E-state index is 12.3. The molecule has 2 N–H and O–H groups in total. The van der Waals surface area contributed by atoms with Crippen LogP contribution in [-0.2, 0) is 14.3 Å². The number of aromatic amines is 1. The van der Waals surface area contributed by atoms with Gasteiger partial charge in [0.2, 0.25) is 0 Å². The summed E-state index contributed by atoms with van der Waals surface area (Å²) in [6.07, 6.45) is 0. The molecule has 2 aromatic rings. The van der Waals surface area contributed by atoms with Crippen molar-refractivity contribution in [2.75, 3.05) is 13.7 Å². The molecule has 0 aliphatic heterocycles. The largest absolute Gasteiger partial charge is 0.465 e. The van der Waals surface area contributed by atoms with Gasteiger partial charge < -0.3 is 19.8 Å². The summed E-state index contributed by atoms with van der Waals surface area (Å²) in [5, 5.41) is 2.81. The van der Waals surface area contributed by atoms with Gasteiger partial charge in [-0.2, -0.15) is 0 Å². The highest BCUT2D eigenvalue weighted by Gasteiger charge is 2.24. The quantitative estimate of drug-likeness (QED) is 0.744. The fourth-order valence-electron chi connectivity index (χ4n) is 2.97. The van der Waals surface area contributed by atoms with Crippen molar-refractivity contribution < 1.29 is 23.9 Å². The van der Waals surface area contributed by atoms with Crippen molar-refractivity contribution in [1.82, 2.24) is 10.3 Å². The molecule has 150 valence electrons. The Morgan fingerprint density at radius 2 is 1.75 bits per heavy atom. The zero-order valence-corrected chi connectivity index (χ0v) is 17.1. The Kier molecular flexibility index (Phi) is 6.62. The van der Waals surface area contributed by atoms with Crippen molar-refractivity contribution in [1.29, 1.82) is 0 Å². The summed E-state index contributed by atoms with van der Waals surface area (Å²) >= 11 is 0. The van der Waals surface area contributed by atoms with E-state index in [1.165, 1.54) is 12.7 Å². The first-order valence-corrected chi connectivity index (χ1v) is 8.96. The molecule has 1 unspecified atom stereocenters. The second-order valence-corrected chi connectivity index (χ2v) is 6.83. The number of ether oxygens (including phenoxy) is 2. The molecule has 0 bridgehead atoms. The van der Waals surface area contributed by atoms with Gasteiger partial charge in [-0.15, -0.1) is 0 Å². The molecule has 0 fully saturated rings. The van der Waals surface area contributed by atoms with Crippen LogP contribution in [0.15, 0.2) is 18.2 Å². The number of benzene rings is 1. The number of methoxy groups -OCH3 is 1. The molecule has 28 heavy (non-hydrogen) atoms. The van der Waals surface area contributed by atoms with Crippen molar-refractivity contribution in [3.05, 3.63) is 57.4 Å². The lowest BCUT2D eigenvalue weighted by Gasteiger charge is -2.15. The highest BCUT2D eigenvalue weighted by Crippen LogP contribution is 2.20. The first kappa shape index (κ1) is 21.2. The van der Waals surface area contributed by atoms with Gasteiger partial charge in [-0.1, -0.05) is 18.2 Å². The standard InChI is InChI=1S/C21H26N2O5/c1-11-7-8-16(9-12(11)2)14(4)22-17(24)10-28-21(26)19-13(3)18(15(5)23-19)20(25)27-6/h7-9,14,23H,10H2,1-6H3,(H,22,24). The lowest BCUT2D eigenvalue weighted by atomic mass is 10.0. The average Bonchev–Trinajstić information content (AvgIpc) is 2.95. The van der Waals surface area contributed by atoms with Crippen molar-refractivity contribution in [2.24, 2.45) is 0 Å². The number of aromatic nitrogens is 1. The number of hydrogen-bond donors (Lipinski definition) is 2. The second kappa shape index (κ2) is 8.73. The summed E-state index contributed by atoms with van der Waals surface area (Å²) in [6.45, 7) is 8.77. The van der Waals surface area contributed by atoms with Crippen molar-refractivity contribution in [2.45, 2.75) is 40.7 Å². The van der Waals surface area contributed by atoms with Crippen molar-refractivity contribution in [3.8, 4) is 0 Å². The van der Waals surface area contributed by atoms with E-state index in [0.717, 1.165) is 11.1 Å². The first-order chi connectivity index (χ1) is 13.1. The average molecular weight is 386 g/mol. The summed E-state index contributed by atoms with van der Waals surface area (Å²) in [5.74, 6) is -1.65. The SMILES string of the molecule is COC(=O)c1c(C)[nH]c(C(=O)OCC(=O)NC(C)c2ccc(C)c(C)c2)c1C. The molecule has 0 spiro atoms. The summed E-state index contributed by atoms with van der Waals surface area (Å²) in [6, 6.07) is 5.76. The van der Waals surface area contributed by atoms with E-state index in [2.05, 4.69) is 10.3 Å². The third-order valence-electron chi connectivity index (χ3n) is 4.77. The topological polar surface area (TPSA) is 97.5 Å². The van der Waals surface area contributed by atoms with Crippen LogP contribution < -0.4 is 5.32 Å². The first-order valence-electron chi connectivity index (χ1n) is 8.96. The van der Waals surface area contributed by atoms with Gasteiger partial charge in [0.15, 0.2) is 6.61 Å². The Balaban J connectivity index is 1.98. The van der Waals surface area contributed by atoms with E-state index in [1.807, 2.05) is 39.0 Å². The van der Waals surface area contributed by atoms with E-state index in [0.29, 0.717) is 16.8 Å². The number of carbonyl (C=O) groups is 3. The van der Waals surface area contributed by atoms with Crippen molar-refractivity contribution in [3.63, 3.8) is 0 Å². The number of rotatable bonds is 6. The van der Waals surface area contributed by atoms with E-state index in [1.54, 1.807) is 13.8 Å². The molecule has 1 atom stereocenters. The summed E-state index contributed by atoms with van der Waals surface area (Å²) in [4.78, 5) is 39.1. The number of esters is 2. The predicted octanol–water partition coefficient (Wildman–Crippen LogP) is 3.07. The summed E-state index contributed by atoms with van der Waals surface area (Å²) < 4.78 is 9.81. The Hall–Kier alpha value is -3.09. The maximum absolute atomic E-state index is 12.3. The van der Waals surface area contributed by atoms with Gasteiger partial charge in [0.1, 0.15) is 5.69 Å². The summed E-state index contributed by atoms with van der Waals surface area (Å²) in [7, 11) is 1.27. The molecular weight excluding hydrogens is 360 g/mol. The molecule has 1 aromatic carbocycles. The number of H-pyrrole nitrogens is 1. The van der Waals surface area contributed by atoms with Crippen LogP contribution in [0.5, 0.6) is 0 Å². The van der Waals surface area contributed by atoms with Gasteiger partial charge in [0.25, 0.3) is 5.91 Å². The van der Waals surface area contributed by atoms with Gasteiger partial charge in [-0.3, -0.25) is 4.79 Å². The van der Waals surface area contributed by atoms with Crippen molar-refractivity contribution >= 4 is 17.8 Å². The van der Waals surface area contributed by atoms with E-state index >= 15 is 0 Å². The lowest BCUT2D eigenvalue weighted by Crippen LogP contribution is -2.31. The molecule has 0 saturated heterocycles. The fraction of sp³-hybridized carbons (Fsp3) is 0.381. The Bertz CT molecular complexity index is 914. The van der Waals surface area contributed by atoms with Crippen LogP contribution in [0.25, 0.3) is 0 Å². The fourth-order valence-corrected chi connectivity index (χ4v) is 2.97. The van der Waals surface area contributed by atoms with Gasteiger partial charge in [0.05, 0.1) is 18.7 Å². The van der Waals surface area contributed by atoms with E-state index in [-0.39, 0.29) is 11.7 Å². The van der Waals surface area contributed by atoms with E-state index < -0.39 is 24.5 Å². The third kappa shape index (κ3) is 4.60. The normalized spacial score (nSPS) is 11.6. The highest BCUT2D eigenvalue weighted by molar-refractivity contribution is 5.99. The molecule has 7 heteroatoms. The molecule has 7 nitrogen and oxygen atoms in total. The third-order valence-corrected chi connectivity index (χ3v) is 4.77. The van der Waals surface area contributed by atoms with Crippen LogP contribution in [0.4, 0.5) is 0 Å². The van der Waals surface area contributed by atoms with E-state index in [4.69, 9.17) is 9.47 Å². The molecule has 0 aliphatic rings. The zero-order valence-electron chi connectivity index (χ0n) is 17.1. The minimum Gasteiger partial charge on any atom is -0.465 e. The van der Waals surface area contributed by atoms with Gasteiger partial charge in [0, 0.05) is 5.69 Å². The number of aryl methyl sites for hydroxylation is 3. The second-order valence-electron chi connectivity index (χ2n) is 6.83. The molecule has 0 aliphatic carbocycles. The van der Waals surface area contributed by atoms with Gasteiger partial charge in [-0.25, -0.2) is 9.59 Å². The molecule has 0 radical (unpaired) electrons. The Morgan fingerprint density at radius 1 is 1.07 bits per heavy atom. The molecule has 1 heterocycles. The zero-order chi connectivity index (χ0) is 21.0. The van der Waals surface area contributed by atoms with Gasteiger partial charge in [-0.05, 0) is 56.9 Å². The molecule has 1 aromatic heterocycles. The molecule has 2 rings (SSSR count). The minimum absolute atomic E-state index is 0.132. The maximum Gasteiger partial charge on any atom is 0.355 e. The molecule has 1 amide bonds. The molecule has 0 saturated carbocycles. The number of nitrogens with one attached hydrogen (secondary N) is 2. The Morgan fingerprint density at radius 3 is 2.36 bits per heavy atom. The Labute approximate surface area is 164 Å². The van der Waals surface area contributed by atoms with Crippen LogP contribution in [-0.4, -0.2) is 36.5 Å². The minimum atomic E-state index is -0.704. The van der Waals surface area contributed by atoms with E-state index in [9.17, 15) is 14.4 Å². The highest BCUT2D eigenvalue weighted by atomic mass is 16.5. The van der Waals surface area contributed by atoms with Gasteiger partial charge >= 0.3 is 11.9 Å². The smallest absolute Gasteiger partial charge is 0.355 e. The molecular formula is C21H26N2O5. The van der Waals surface area contributed by atoms with Crippen LogP contribution in [0.1, 0.15) is 61.8 Å². The van der Waals surface area contributed by atoms with Crippen LogP contribution >= 0.6 is 0 Å². The number of hydrogen-bond acceptors (Lipinski definition) is 5. The number of amides is 1. The number of carbonyl (C=O) groups excluding carboxylic acids is 3. The van der Waals surface area contributed by atoms with Crippen LogP contribution in [0, 0.1) is 27.7 Å². The predicted molar refractivity (Wildman–Crippen MR) is 104 cm³/mol.